The van der Waals surface area contributed by atoms with Crippen LogP contribution in [0, 0.1) is 0 Å². The van der Waals surface area contributed by atoms with Crippen LogP contribution in [0.25, 0.3) is 0 Å². The van der Waals surface area contributed by atoms with E-state index in [1.807, 2.05) is 6.92 Å². The predicted molar refractivity (Wildman–Crippen MR) is 338 cm³/mol. The van der Waals surface area contributed by atoms with Crippen LogP contribution >= 0.6 is 0 Å². The Hall–Kier alpha value is -5.88. The van der Waals surface area contributed by atoms with Crippen LogP contribution in [0.3, 0.4) is 0 Å². The standard InChI is InChI=1S/4C16H24O3.C8H16O2.Mo/c4*1-2-3-4-5-6-7-8-13-19-15-11-9-14(10-12-15)16(17)18;1-3-5-6-7-8(9)10-4-2;/h4*9-12H,2-8,13H2,1H3,(H,17,18);3-7H2,1-2H3;/q;;;;;+4/p-4. The minimum Gasteiger partial charge on any atom is -0.545 e. The van der Waals surface area contributed by atoms with E-state index in [9.17, 15) is 44.4 Å². The van der Waals surface area contributed by atoms with Gasteiger partial charge in [0.25, 0.3) is 0 Å². The molecule has 0 saturated carbocycles. The third kappa shape index (κ3) is 50.8. The fourth-order valence-electron chi connectivity index (χ4n) is 8.50. The second-order valence-corrected chi connectivity index (χ2v) is 21.4. The number of hydrogen-bond donors (Lipinski definition) is 0. The Labute approximate surface area is 538 Å². The number of carboxylic acids is 4. The summed E-state index contributed by atoms with van der Waals surface area (Å²) in [6, 6.07) is 25.5. The van der Waals surface area contributed by atoms with Crippen LogP contribution in [0.1, 0.15) is 288 Å². The molecule has 0 unspecified atom stereocenters. The van der Waals surface area contributed by atoms with Crippen LogP contribution in [-0.2, 0) is 30.6 Å². The Morgan fingerprint density at radius 3 is 0.644 bits per heavy atom. The zero-order valence-electron chi connectivity index (χ0n) is 54.0. The number of carboxylic acid groups (broad SMARTS) is 4. The molecule has 0 atom stereocenters. The topological polar surface area (TPSA) is 224 Å². The summed E-state index contributed by atoms with van der Waals surface area (Å²) in [6.45, 7) is 16.1. The van der Waals surface area contributed by atoms with Crippen molar-refractivity contribution >= 4 is 29.8 Å². The van der Waals surface area contributed by atoms with Crippen LogP contribution in [-0.4, -0.2) is 62.9 Å². The number of aromatic carboxylic acids is 4. The molecule has 0 radical (unpaired) electrons. The molecular formula is C72H108MoO14. The summed E-state index contributed by atoms with van der Waals surface area (Å²) < 4.78 is 27.0. The molecule has 87 heavy (non-hydrogen) atoms. The molecule has 0 spiro atoms. The van der Waals surface area contributed by atoms with Gasteiger partial charge in [-0.25, -0.2) is 0 Å². The van der Waals surface area contributed by atoms with Gasteiger partial charge in [0.05, 0.1) is 56.9 Å². The third-order valence-electron chi connectivity index (χ3n) is 13.7. The fourth-order valence-corrected chi connectivity index (χ4v) is 8.50. The average molecular weight is 1290 g/mol. The monoisotopic (exact) mass is 1290 g/mol. The van der Waals surface area contributed by atoms with Gasteiger partial charge in [0.15, 0.2) is 0 Å². The van der Waals surface area contributed by atoms with E-state index in [-0.39, 0.29) is 49.3 Å². The predicted octanol–water partition coefficient (Wildman–Crippen LogP) is 14.8. The maximum absolute atomic E-state index is 10.7. The van der Waals surface area contributed by atoms with Crippen molar-refractivity contribution in [1.29, 1.82) is 0 Å². The largest absolute Gasteiger partial charge is 4.00 e. The molecule has 4 aromatic carbocycles. The van der Waals surface area contributed by atoms with Crippen LogP contribution in [0.15, 0.2) is 97.1 Å². The van der Waals surface area contributed by atoms with Gasteiger partial charge in [0, 0.05) is 6.42 Å². The molecule has 0 fully saturated rings. The summed E-state index contributed by atoms with van der Waals surface area (Å²) in [5.41, 5.74) is 0.734. The second kappa shape index (κ2) is 60.4. The van der Waals surface area contributed by atoms with E-state index in [1.165, 1.54) is 203 Å². The summed E-state index contributed by atoms with van der Waals surface area (Å²) in [5, 5.41) is 42.3. The molecule has 0 aliphatic heterocycles. The Balaban J connectivity index is 0. The van der Waals surface area contributed by atoms with Crippen molar-refractivity contribution in [2.75, 3.05) is 33.0 Å². The van der Waals surface area contributed by atoms with Crippen molar-refractivity contribution < 1.29 is 89.1 Å². The Bertz CT molecular complexity index is 1940. The van der Waals surface area contributed by atoms with Gasteiger partial charge in [0.2, 0.25) is 0 Å². The van der Waals surface area contributed by atoms with Crippen LogP contribution in [0.4, 0.5) is 0 Å². The van der Waals surface area contributed by atoms with E-state index < -0.39 is 23.9 Å². The second-order valence-electron chi connectivity index (χ2n) is 21.4. The zero-order valence-corrected chi connectivity index (χ0v) is 56.0. The van der Waals surface area contributed by atoms with Crippen molar-refractivity contribution in [3.63, 3.8) is 0 Å². The Morgan fingerprint density at radius 1 is 0.276 bits per heavy atom. The normalized spacial score (nSPS) is 10.1. The summed E-state index contributed by atoms with van der Waals surface area (Å²) in [6.07, 6.45) is 39.0. The van der Waals surface area contributed by atoms with Crippen molar-refractivity contribution in [3.8, 4) is 23.0 Å². The molecular weight excluding hydrogens is 1180 g/mol. The molecule has 0 aromatic heterocycles. The summed E-state index contributed by atoms with van der Waals surface area (Å²) in [7, 11) is 0. The van der Waals surface area contributed by atoms with E-state index in [0.29, 0.717) is 39.5 Å². The number of rotatable bonds is 45. The summed E-state index contributed by atoms with van der Waals surface area (Å²) >= 11 is 0. The first-order valence-electron chi connectivity index (χ1n) is 32.7. The van der Waals surface area contributed by atoms with Crippen molar-refractivity contribution in [2.45, 2.75) is 247 Å². The molecule has 0 heterocycles. The quantitative estimate of drug-likeness (QED) is 0.0228. The SMILES string of the molecule is CCCCCC(=O)OCC.CCCCCCCCCOc1ccc(C(=O)[O-])cc1.CCCCCCCCCOc1ccc(C(=O)[O-])cc1.CCCCCCCCCOc1ccc(C(=O)[O-])cc1.CCCCCCCCCOc1ccc(C(=O)[O-])cc1.[Mo+4]. The van der Waals surface area contributed by atoms with Crippen molar-refractivity contribution in [3.05, 3.63) is 119 Å². The van der Waals surface area contributed by atoms with Crippen LogP contribution < -0.4 is 39.4 Å². The first-order valence-corrected chi connectivity index (χ1v) is 32.7. The van der Waals surface area contributed by atoms with Crippen molar-refractivity contribution in [1.82, 2.24) is 0 Å². The molecule has 0 aliphatic rings. The maximum Gasteiger partial charge on any atom is 4.00 e. The first-order chi connectivity index (χ1) is 41.8. The van der Waals surface area contributed by atoms with Gasteiger partial charge in [-0.1, -0.05) is 202 Å². The Kier molecular flexibility index (Phi) is 57.8. The van der Waals surface area contributed by atoms with E-state index in [0.717, 1.165) is 67.9 Å². The van der Waals surface area contributed by atoms with Gasteiger partial charge >= 0.3 is 27.0 Å². The molecule has 0 aliphatic carbocycles. The van der Waals surface area contributed by atoms with Gasteiger partial charge in [-0.3, -0.25) is 4.79 Å². The molecule has 486 valence electrons. The Morgan fingerprint density at radius 2 is 0.460 bits per heavy atom. The number of unbranched alkanes of at least 4 members (excludes halogenated alkanes) is 26. The molecule has 15 heteroatoms. The minimum absolute atomic E-state index is 0. The van der Waals surface area contributed by atoms with Gasteiger partial charge in [-0.05, 0) is 158 Å². The summed E-state index contributed by atoms with van der Waals surface area (Å²) in [5.74, 6) is -1.80. The molecule has 4 aromatic rings. The number of carbonyl (C=O) groups is 5. The van der Waals surface area contributed by atoms with Crippen LogP contribution in [0.2, 0.25) is 0 Å². The molecule has 14 nitrogen and oxygen atoms in total. The molecule has 0 N–H and O–H groups in total. The maximum atomic E-state index is 10.7. The number of ether oxygens (including phenoxy) is 5. The van der Waals surface area contributed by atoms with Gasteiger partial charge < -0.3 is 63.3 Å². The number of carbonyl (C=O) groups excluding carboxylic acids is 5. The van der Waals surface area contributed by atoms with Gasteiger partial charge in [-0.2, -0.15) is 0 Å². The number of hydrogen-bond acceptors (Lipinski definition) is 14. The molecule has 0 saturated heterocycles. The van der Waals surface area contributed by atoms with E-state index in [2.05, 4.69) is 34.6 Å². The van der Waals surface area contributed by atoms with Gasteiger partial charge in [0.1, 0.15) is 23.0 Å². The third-order valence-corrected chi connectivity index (χ3v) is 13.7. The minimum atomic E-state index is -1.15. The van der Waals surface area contributed by atoms with Crippen molar-refractivity contribution in [2.24, 2.45) is 0 Å². The van der Waals surface area contributed by atoms with Gasteiger partial charge in [-0.15, -0.1) is 0 Å². The number of esters is 1. The van der Waals surface area contributed by atoms with E-state index in [4.69, 9.17) is 23.7 Å². The molecule has 0 bridgehead atoms. The first kappa shape index (κ1) is 83.2. The van der Waals surface area contributed by atoms with Crippen LogP contribution in [0.5, 0.6) is 23.0 Å². The molecule has 4 rings (SSSR count). The fraction of sp³-hybridized carbons (Fsp3) is 0.597. The van der Waals surface area contributed by atoms with E-state index in [1.54, 1.807) is 48.5 Å². The smallest absolute Gasteiger partial charge is 0.545 e. The molecule has 0 amide bonds. The van der Waals surface area contributed by atoms with E-state index >= 15 is 0 Å². The zero-order chi connectivity index (χ0) is 63.5. The summed E-state index contributed by atoms with van der Waals surface area (Å²) in [4.78, 5) is 53.0. The average Bonchev–Trinajstić information content (AvgIpc) is 3.73. The number of benzene rings is 4.